The predicted octanol–water partition coefficient (Wildman–Crippen LogP) is 2.72. The van der Waals surface area contributed by atoms with Crippen LogP contribution in [0.25, 0.3) is 0 Å². The lowest BCUT2D eigenvalue weighted by molar-refractivity contribution is 0.0205. The Hall–Kier alpha value is -0.260. The van der Waals surface area contributed by atoms with Crippen LogP contribution in [0, 0.1) is 5.92 Å². The number of ether oxygens (including phenoxy) is 2. The Labute approximate surface area is 185 Å². The van der Waals surface area contributed by atoms with Crippen molar-refractivity contribution < 1.29 is 18.3 Å². The quantitative estimate of drug-likeness (QED) is 0.202. The lowest BCUT2D eigenvalue weighted by atomic mass is 10.0. The highest BCUT2D eigenvalue weighted by molar-refractivity contribution is 14.0. The average Bonchev–Trinajstić information content (AvgIpc) is 2.66. The molecular weight excluding hydrogens is 481 g/mol. The normalized spacial score (nSPS) is 20.2. The number of piperidine rings is 1. The molecule has 2 saturated heterocycles. The van der Waals surface area contributed by atoms with Crippen LogP contribution in [0.3, 0.4) is 0 Å². The van der Waals surface area contributed by atoms with Gasteiger partial charge in [0.1, 0.15) is 0 Å². The Kier molecular flexibility index (Phi) is 14.3. The molecule has 9 heteroatoms. The van der Waals surface area contributed by atoms with Gasteiger partial charge in [-0.05, 0) is 44.9 Å². The summed E-state index contributed by atoms with van der Waals surface area (Å²) in [6.45, 7) is 8.13. The third kappa shape index (κ3) is 11.1. The molecule has 0 aromatic rings. The van der Waals surface area contributed by atoms with Crippen molar-refractivity contribution in [2.75, 3.05) is 59.2 Å². The molecule has 0 aliphatic carbocycles. The largest absolute Gasteiger partial charge is 0.381 e. The van der Waals surface area contributed by atoms with E-state index in [0.717, 1.165) is 71.0 Å². The third-order valence-electron chi connectivity index (χ3n) is 5.08. The Balaban J connectivity index is 0.00000392. The Bertz CT molecular complexity index is 419. The number of guanidine groups is 1. The maximum atomic E-state index is 12.5. The van der Waals surface area contributed by atoms with Crippen LogP contribution in [0.15, 0.2) is 4.99 Å². The van der Waals surface area contributed by atoms with E-state index >= 15 is 0 Å². The van der Waals surface area contributed by atoms with Gasteiger partial charge in [0.25, 0.3) is 6.43 Å². The summed E-state index contributed by atoms with van der Waals surface area (Å²) < 4.78 is 36.0. The first kappa shape index (κ1) is 25.8. The summed E-state index contributed by atoms with van der Waals surface area (Å²) in [7, 11) is 0. The van der Waals surface area contributed by atoms with Crippen molar-refractivity contribution in [3.05, 3.63) is 0 Å². The molecule has 0 amide bonds. The van der Waals surface area contributed by atoms with Crippen LogP contribution in [-0.4, -0.2) is 82.5 Å². The predicted molar refractivity (Wildman–Crippen MR) is 119 cm³/mol. The molecule has 28 heavy (non-hydrogen) atoms. The van der Waals surface area contributed by atoms with E-state index in [9.17, 15) is 8.78 Å². The summed E-state index contributed by atoms with van der Waals surface area (Å²) in [4.78, 5) is 6.46. The van der Waals surface area contributed by atoms with Crippen LogP contribution < -0.4 is 10.6 Å². The van der Waals surface area contributed by atoms with Gasteiger partial charge >= 0.3 is 0 Å². The van der Waals surface area contributed by atoms with Gasteiger partial charge in [-0.3, -0.25) is 9.89 Å². The van der Waals surface area contributed by atoms with Crippen LogP contribution in [0.2, 0.25) is 0 Å². The lowest BCUT2D eigenvalue weighted by Gasteiger charge is -2.32. The van der Waals surface area contributed by atoms with Gasteiger partial charge in [0.15, 0.2) is 5.96 Å². The van der Waals surface area contributed by atoms with Gasteiger partial charge in [-0.25, -0.2) is 8.78 Å². The van der Waals surface area contributed by atoms with Gasteiger partial charge in [-0.2, -0.15) is 0 Å². The lowest BCUT2D eigenvalue weighted by Crippen LogP contribution is -2.49. The molecule has 2 fully saturated rings. The summed E-state index contributed by atoms with van der Waals surface area (Å²) in [5.41, 5.74) is 0. The first-order valence-electron chi connectivity index (χ1n) is 10.4. The number of likely N-dealkylation sites (tertiary alicyclic amines) is 1. The Morgan fingerprint density at radius 3 is 2.57 bits per heavy atom. The van der Waals surface area contributed by atoms with Crippen molar-refractivity contribution in [2.24, 2.45) is 10.9 Å². The number of nitrogens with one attached hydrogen (secondary N) is 2. The van der Waals surface area contributed by atoms with Crippen molar-refractivity contribution in [3.63, 3.8) is 0 Å². The zero-order valence-corrected chi connectivity index (χ0v) is 19.3. The molecule has 0 radical (unpaired) electrons. The third-order valence-corrected chi connectivity index (χ3v) is 5.08. The minimum Gasteiger partial charge on any atom is -0.381 e. The fourth-order valence-electron chi connectivity index (χ4n) is 3.49. The molecule has 0 bridgehead atoms. The van der Waals surface area contributed by atoms with Crippen LogP contribution in [0.5, 0.6) is 0 Å². The molecule has 0 aromatic heterocycles. The van der Waals surface area contributed by atoms with Crippen molar-refractivity contribution in [1.82, 2.24) is 15.5 Å². The second kappa shape index (κ2) is 15.6. The van der Waals surface area contributed by atoms with Gasteiger partial charge in [0.05, 0.1) is 6.54 Å². The van der Waals surface area contributed by atoms with Crippen LogP contribution in [0.4, 0.5) is 8.78 Å². The van der Waals surface area contributed by atoms with E-state index in [2.05, 4.69) is 15.6 Å². The van der Waals surface area contributed by atoms with Gasteiger partial charge in [-0.15, -0.1) is 24.0 Å². The summed E-state index contributed by atoms with van der Waals surface area (Å²) in [6, 6.07) is 0.293. The number of aliphatic imine (C=N–C) groups is 1. The van der Waals surface area contributed by atoms with Crippen molar-refractivity contribution in [2.45, 2.75) is 51.5 Å². The smallest absolute Gasteiger partial charge is 0.251 e. The van der Waals surface area contributed by atoms with Crippen molar-refractivity contribution >= 4 is 29.9 Å². The van der Waals surface area contributed by atoms with Crippen LogP contribution >= 0.6 is 24.0 Å². The van der Waals surface area contributed by atoms with E-state index in [4.69, 9.17) is 9.47 Å². The second-order valence-electron chi connectivity index (χ2n) is 7.36. The monoisotopic (exact) mass is 518 g/mol. The number of rotatable bonds is 10. The SMILES string of the molecule is CCNC(=NCCCOCC1CCOCC1)NC1CCN(CC(F)F)CC1.I. The minimum absolute atomic E-state index is 0. The molecule has 0 unspecified atom stereocenters. The topological polar surface area (TPSA) is 58.1 Å². The maximum absolute atomic E-state index is 12.5. The van der Waals surface area contributed by atoms with E-state index in [0.29, 0.717) is 31.6 Å². The van der Waals surface area contributed by atoms with E-state index in [-0.39, 0.29) is 30.5 Å². The summed E-state index contributed by atoms with van der Waals surface area (Å²) in [6.07, 6.45) is 2.58. The highest BCUT2D eigenvalue weighted by Gasteiger charge is 2.21. The van der Waals surface area contributed by atoms with Crippen LogP contribution in [0.1, 0.15) is 39.0 Å². The van der Waals surface area contributed by atoms with Crippen molar-refractivity contribution in [1.29, 1.82) is 0 Å². The number of nitrogens with zero attached hydrogens (tertiary/aromatic N) is 2. The van der Waals surface area contributed by atoms with Gasteiger partial charge < -0.3 is 20.1 Å². The minimum atomic E-state index is -2.25. The maximum Gasteiger partial charge on any atom is 0.251 e. The summed E-state index contributed by atoms with van der Waals surface area (Å²) in [5.74, 6) is 1.45. The molecule has 0 saturated carbocycles. The highest BCUT2D eigenvalue weighted by atomic mass is 127. The number of hydrogen-bond acceptors (Lipinski definition) is 4. The molecule has 0 spiro atoms. The Morgan fingerprint density at radius 1 is 1.21 bits per heavy atom. The molecule has 2 heterocycles. The van der Waals surface area contributed by atoms with E-state index in [1.165, 1.54) is 0 Å². The molecule has 2 aliphatic rings. The second-order valence-corrected chi connectivity index (χ2v) is 7.36. The highest BCUT2D eigenvalue weighted by Crippen LogP contribution is 2.14. The number of hydrogen-bond donors (Lipinski definition) is 2. The molecule has 0 aromatic carbocycles. The Morgan fingerprint density at radius 2 is 1.93 bits per heavy atom. The summed E-state index contributed by atoms with van der Waals surface area (Å²) >= 11 is 0. The average molecular weight is 518 g/mol. The van der Waals surface area contributed by atoms with Gasteiger partial charge in [0, 0.05) is 58.6 Å². The number of halogens is 3. The molecule has 166 valence electrons. The molecule has 6 nitrogen and oxygen atoms in total. The van der Waals surface area contributed by atoms with E-state index in [1.54, 1.807) is 0 Å². The van der Waals surface area contributed by atoms with E-state index in [1.807, 2.05) is 11.8 Å². The first-order chi connectivity index (χ1) is 13.2. The summed E-state index contributed by atoms with van der Waals surface area (Å²) in [5, 5.41) is 6.71. The molecule has 2 N–H and O–H groups in total. The molecule has 2 rings (SSSR count). The zero-order chi connectivity index (χ0) is 19.3. The van der Waals surface area contributed by atoms with Crippen molar-refractivity contribution in [3.8, 4) is 0 Å². The van der Waals surface area contributed by atoms with Crippen LogP contribution in [-0.2, 0) is 9.47 Å². The van der Waals surface area contributed by atoms with E-state index < -0.39 is 6.43 Å². The standard InChI is InChI=1S/C19H36F2N4O2.HI/c1-2-22-19(24-17-4-9-25(10-5-17)14-18(20)21)23-8-3-11-27-15-16-6-12-26-13-7-16;/h16-18H,2-15H2,1H3,(H2,22,23,24);1H. The zero-order valence-electron chi connectivity index (χ0n) is 17.0. The molecule has 0 atom stereocenters. The van der Waals surface area contributed by atoms with Gasteiger partial charge in [0.2, 0.25) is 0 Å². The first-order valence-corrected chi connectivity index (χ1v) is 10.4. The number of alkyl halides is 2. The molecular formula is C19H37F2IN4O2. The molecule has 2 aliphatic heterocycles. The fraction of sp³-hybridized carbons (Fsp3) is 0.947. The van der Waals surface area contributed by atoms with Gasteiger partial charge in [-0.1, -0.05) is 0 Å². The fourth-order valence-corrected chi connectivity index (χ4v) is 3.49.